The van der Waals surface area contributed by atoms with Crippen molar-refractivity contribution in [2.24, 2.45) is 0 Å². The molecule has 0 aromatic carbocycles. The summed E-state index contributed by atoms with van der Waals surface area (Å²) >= 11 is 0. The summed E-state index contributed by atoms with van der Waals surface area (Å²) in [5, 5.41) is 8.60. The van der Waals surface area contributed by atoms with Gasteiger partial charge in [-0.2, -0.15) is 0 Å². The zero-order valence-electron chi connectivity index (χ0n) is 7.12. The van der Waals surface area contributed by atoms with Gasteiger partial charge in [-0.3, -0.25) is 4.90 Å². The Balaban J connectivity index is 2.12. The van der Waals surface area contributed by atoms with Crippen LogP contribution < -0.4 is 0 Å². The van der Waals surface area contributed by atoms with Crippen molar-refractivity contribution in [1.82, 2.24) is 4.90 Å². The highest BCUT2D eigenvalue weighted by atomic mass is 16.5. The van der Waals surface area contributed by atoms with Crippen molar-refractivity contribution in [3.8, 4) is 0 Å². The first-order valence-corrected chi connectivity index (χ1v) is 4.27. The van der Waals surface area contributed by atoms with E-state index in [1.807, 2.05) is 0 Å². The second-order valence-corrected chi connectivity index (χ2v) is 3.06. The Morgan fingerprint density at radius 1 is 1.64 bits per heavy atom. The van der Waals surface area contributed by atoms with E-state index < -0.39 is 0 Å². The van der Waals surface area contributed by atoms with Crippen LogP contribution in [0.5, 0.6) is 0 Å². The van der Waals surface area contributed by atoms with Crippen molar-refractivity contribution >= 4 is 0 Å². The molecule has 1 fully saturated rings. The monoisotopic (exact) mass is 159 g/mol. The fourth-order valence-corrected chi connectivity index (χ4v) is 1.39. The molecule has 1 N–H and O–H groups in total. The van der Waals surface area contributed by atoms with Crippen LogP contribution in [0.3, 0.4) is 0 Å². The number of hydrogen-bond acceptors (Lipinski definition) is 3. The van der Waals surface area contributed by atoms with E-state index in [1.54, 1.807) is 0 Å². The predicted molar refractivity (Wildman–Crippen MR) is 43.6 cm³/mol. The molecular weight excluding hydrogens is 142 g/mol. The number of nitrogens with zero attached hydrogens (tertiary/aromatic N) is 1. The summed E-state index contributed by atoms with van der Waals surface area (Å²) in [5.74, 6) is 0. The number of aliphatic hydroxyl groups is 1. The predicted octanol–water partition coefficient (Wildman–Crippen LogP) is 0.0895. The number of hydrogen-bond donors (Lipinski definition) is 1. The van der Waals surface area contributed by atoms with E-state index in [1.165, 1.54) is 0 Å². The van der Waals surface area contributed by atoms with Crippen LogP contribution in [-0.2, 0) is 4.74 Å². The van der Waals surface area contributed by atoms with Gasteiger partial charge < -0.3 is 9.84 Å². The summed E-state index contributed by atoms with van der Waals surface area (Å²) in [7, 11) is 0. The lowest BCUT2D eigenvalue weighted by Crippen LogP contribution is -2.41. The van der Waals surface area contributed by atoms with E-state index in [-0.39, 0.29) is 0 Å². The lowest BCUT2D eigenvalue weighted by atomic mass is 10.3. The zero-order chi connectivity index (χ0) is 8.10. The Kier molecular flexibility index (Phi) is 3.83. The minimum absolute atomic E-state index is 0.297. The maximum Gasteiger partial charge on any atom is 0.0674 e. The van der Waals surface area contributed by atoms with Crippen LogP contribution in [0.4, 0.5) is 0 Å². The highest BCUT2D eigenvalue weighted by Gasteiger charge is 2.15. The molecule has 0 radical (unpaired) electrons. The third-order valence-corrected chi connectivity index (χ3v) is 1.96. The molecule has 1 heterocycles. The molecule has 1 aliphatic rings. The Bertz CT molecular complexity index is 108. The topological polar surface area (TPSA) is 32.7 Å². The minimum Gasteiger partial charge on any atom is -0.396 e. The van der Waals surface area contributed by atoms with Gasteiger partial charge in [0.15, 0.2) is 0 Å². The molecule has 11 heavy (non-hydrogen) atoms. The normalized spacial score (nSPS) is 27.3. The molecule has 3 heteroatoms. The molecule has 3 nitrogen and oxygen atoms in total. The molecule has 0 spiro atoms. The molecule has 0 amide bonds. The van der Waals surface area contributed by atoms with Crippen molar-refractivity contribution < 1.29 is 9.84 Å². The molecule has 0 saturated carbocycles. The van der Waals surface area contributed by atoms with Gasteiger partial charge in [0.25, 0.3) is 0 Å². The molecule has 1 unspecified atom stereocenters. The van der Waals surface area contributed by atoms with Crippen LogP contribution in [0, 0.1) is 0 Å². The first-order valence-electron chi connectivity index (χ1n) is 4.27. The average Bonchev–Trinajstić information content (AvgIpc) is 2.01. The maximum absolute atomic E-state index is 8.60. The van der Waals surface area contributed by atoms with Crippen molar-refractivity contribution in [2.45, 2.75) is 19.4 Å². The first kappa shape index (κ1) is 8.97. The second-order valence-electron chi connectivity index (χ2n) is 3.06. The maximum atomic E-state index is 8.60. The second kappa shape index (κ2) is 4.70. The van der Waals surface area contributed by atoms with Gasteiger partial charge >= 0.3 is 0 Å². The SMILES string of the molecule is CC1CN(CCCO)CCO1. The Morgan fingerprint density at radius 2 is 2.45 bits per heavy atom. The smallest absolute Gasteiger partial charge is 0.0674 e. The van der Waals surface area contributed by atoms with E-state index in [9.17, 15) is 0 Å². The van der Waals surface area contributed by atoms with E-state index in [4.69, 9.17) is 9.84 Å². The molecule has 1 aliphatic heterocycles. The largest absolute Gasteiger partial charge is 0.396 e. The zero-order valence-corrected chi connectivity index (χ0v) is 7.12. The van der Waals surface area contributed by atoms with Gasteiger partial charge in [0, 0.05) is 26.2 Å². The van der Waals surface area contributed by atoms with Crippen LogP contribution in [0.25, 0.3) is 0 Å². The molecular formula is C8H17NO2. The van der Waals surface area contributed by atoms with Gasteiger partial charge in [-0.25, -0.2) is 0 Å². The standard InChI is InChI=1S/C8H17NO2/c1-8-7-9(3-2-5-10)4-6-11-8/h8,10H,2-7H2,1H3. The quantitative estimate of drug-likeness (QED) is 0.633. The van der Waals surface area contributed by atoms with Gasteiger partial charge in [-0.15, -0.1) is 0 Å². The van der Waals surface area contributed by atoms with Crippen LogP contribution in [0.15, 0.2) is 0 Å². The van der Waals surface area contributed by atoms with E-state index in [0.29, 0.717) is 12.7 Å². The average molecular weight is 159 g/mol. The highest BCUT2D eigenvalue weighted by Crippen LogP contribution is 2.03. The fraction of sp³-hybridized carbons (Fsp3) is 1.00. The number of morpholine rings is 1. The Hall–Kier alpha value is -0.120. The van der Waals surface area contributed by atoms with Crippen LogP contribution in [0.2, 0.25) is 0 Å². The van der Waals surface area contributed by atoms with Crippen molar-refractivity contribution in [1.29, 1.82) is 0 Å². The molecule has 1 saturated heterocycles. The summed E-state index contributed by atoms with van der Waals surface area (Å²) in [4.78, 5) is 2.34. The van der Waals surface area contributed by atoms with Crippen molar-refractivity contribution in [3.63, 3.8) is 0 Å². The number of ether oxygens (including phenoxy) is 1. The van der Waals surface area contributed by atoms with Gasteiger partial charge in [0.2, 0.25) is 0 Å². The van der Waals surface area contributed by atoms with E-state index >= 15 is 0 Å². The highest BCUT2D eigenvalue weighted by molar-refractivity contribution is 4.67. The molecule has 0 bridgehead atoms. The van der Waals surface area contributed by atoms with Gasteiger partial charge in [0.1, 0.15) is 0 Å². The lowest BCUT2D eigenvalue weighted by molar-refractivity contribution is -0.0195. The Morgan fingerprint density at radius 3 is 3.09 bits per heavy atom. The summed E-state index contributed by atoms with van der Waals surface area (Å²) < 4.78 is 5.38. The van der Waals surface area contributed by atoms with Gasteiger partial charge in [-0.05, 0) is 13.3 Å². The first-order chi connectivity index (χ1) is 5.33. The van der Waals surface area contributed by atoms with Gasteiger partial charge in [-0.1, -0.05) is 0 Å². The number of aliphatic hydroxyl groups excluding tert-OH is 1. The summed E-state index contributed by atoms with van der Waals surface area (Å²) in [6, 6.07) is 0. The van der Waals surface area contributed by atoms with Crippen molar-refractivity contribution in [3.05, 3.63) is 0 Å². The van der Waals surface area contributed by atoms with Crippen LogP contribution in [-0.4, -0.2) is 49.0 Å². The van der Waals surface area contributed by atoms with Crippen LogP contribution in [0.1, 0.15) is 13.3 Å². The van der Waals surface area contributed by atoms with Gasteiger partial charge in [0.05, 0.1) is 12.7 Å². The van der Waals surface area contributed by atoms with Crippen molar-refractivity contribution in [2.75, 3.05) is 32.8 Å². The summed E-state index contributed by atoms with van der Waals surface area (Å²) in [5.41, 5.74) is 0. The molecule has 1 atom stereocenters. The Labute approximate surface area is 68.0 Å². The third-order valence-electron chi connectivity index (χ3n) is 1.96. The summed E-state index contributed by atoms with van der Waals surface area (Å²) in [6.45, 7) is 6.26. The molecule has 0 aromatic heterocycles. The fourth-order valence-electron chi connectivity index (χ4n) is 1.39. The number of rotatable bonds is 3. The summed E-state index contributed by atoms with van der Waals surface area (Å²) in [6.07, 6.45) is 1.25. The third kappa shape index (κ3) is 3.18. The molecule has 1 rings (SSSR count). The molecule has 0 aromatic rings. The van der Waals surface area contributed by atoms with E-state index in [2.05, 4.69) is 11.8 Å². The lowest BCUT2D eigenvalue weighted by Gasteiger charge is -2.30. The molecule has 66 valence electrons. The molecule has 0 aliphatic carbocycles. The van der Waals surface area contributed by atoms with E-state index in [0.717, 1.165) is 32.7 Å². The van der Waals surface area contributed by atoms with Crippen LogP contribution >= 0.6 is 0 Å². The minimum atomic E-state index is 0.297.